The van der Waals surface area contributed by atoms with Crippen LogP contribution >= 0.6 is 0 Å². The Morgan fingerprint density at radius 3 is 2.31 bits per heavy atom. The SMILES string of the molecule is C[C@@H](OC(=O)C1CCN(c2ccc(C(F)(F)F)c[nH+]2)CC1)C(=O)c1ccccc1. The number of nitrogens with one attached hydrogen (secondary N) is 1. The third-order valence-electron chi connectivity index (χ3n) is 5.01. The van der Waals surface area contributed by atoms with Crippen molar-refractivity contribution in [2.24, 2.45) is 5.92 Å². The molecule has 0 unspecified atom stereocenters. The number of alkyl halides is 3. The quantitative estimate of drug-likeness (QED) is 0.562. The number of halogens is 3. The van der Waals surface area contributed by atoms with Crippen molar-refractivity contribution in [2.75, 3.05) is 18.0 Å². The fourth-order valence-electron chi connectivity index (χ4n) is 3.31. The Morgan fingerprint density at radius 2 is 1.76 bits per heavy atom. The second kappa shape index (κ2) is 8.63. The van der Waals surface area contributed by atoms with Gasteiger partial charge in [0.05, 0.1) is 24.6 Å². The van der Waals surface area contributed by atoms with E-state index in [4.69, 9.17) is 4.74 Å². The molecule has 0 radical (unpaired) electrons. The average Bonchev–Trinajstić information content (AvgIpc) is 2.73. The fraction of sp³-hybridized carbons (Fsp3) is 0.381. The van der Waals surface area contributed by atoms with Gasteiger partial charge in [-0.1, -0.05) is 30.3 Å². The molecule has 0 bridgehead atoms. The summed E-state index contributed by atoms with van der Waals surface area (Å²) in [7, 11) is 0. The topological polar surface area (TPSA) is 60.8 Å². The lowest BCUT2D eigenvalue weighted by molar-refractivity contribution is -0.367. The normalized spacial score (nSPS) is 16.3. The van der Waals surface area contributed by atoms with Crippen LogP contribution in [0.3, 0.4) is 0 Å². The van der Waals surface area contributed by atoms with E-state index in [0.717, 1.165) is 12.3 Å². The Balaban J connectivity index is 1.52. The van der Waals surface area contributed by atoms with E-state index in [1.165, 1.54) is 6.07 Å². The standard InChI is InChI=1S/C21H21F3N2O3/c1-14(19(27)15-5-3-2-4-6-15)29-20(28)16-9-11-26(12-10-16)18-8-7-17(13-25-18)21(22,23)24/h2-8,13-14,16H,9-12H2,1H3/p+1/t14-/m1/s1. The van der Waals surface area contributed by atoms with Crippen LogP contribution in [0, 0.1) is 5.92 Å². The van der Waals surface area contributed by atoms with Gasteiger partial charge in [0.25, 0.3) is 5.82 Å². The number of hydrogen-bond acceptors (Lipinski definition) is 4. The first-order valence-electron chi connectivity index (χ1n) is 9.39. The number of anilines is 1. The summed E-state index contributed by atoms with van der Waals surface area (Å²) in [6.45, 7) is 2.56. The minimum Gasteiger partial charge on any atom is -0.454 e. The summed E-state index contributed by atoms with van der Waals surface area (Å²) in [6.07, 6.45) is -3.32. The van der Waals surface area contributed by atoms with Gasteiger partial charge in [-0.05, 0) is 25.8 Å². The molecule has 3 rings (SSSR count). The van der Waals surface area contributed by atoms with Gasteiger partial charge in [-0.15, -0.1) is 0 Å². The summed E-state index contributed by atoms with van der Waals surface area (Å²) < 4.78 is 43.3. The first-order valence-corrected chi connectivity index (χ1v) is 9.39. The Labute approximate surface area is 166 Å². The molecule has 29 heavy (non-hydrogen) atoms. The van der Waals surface area contributed by atoms with Gasteiger partial charge in [-0.3, -0.25) is 14.5 Å². The van der Waals surface area contributed by atoms with E-state index in [2.05, 4.69) is 4.98 Å². The molecule has 1 aliphatic rings. The maximum atomic E-state index is 12.7. The van der Waals surface area contributed by atoms with Gasteiger partial charge in [0, 0.05) is 11.6 Å². The van der Waals surface area contributed by atoms with Crippen molar-refractivity contribution in [2.45, 2.75) is 32.0 Å². The lowest BCUT2D eigenvalue weighted by Crippen LogP contribution is -2.40. The molecule has 2 aromatic rings. The van der Waals surface area contributed by atoms with Crippen molar-refractivity contribution in [1.82, 2.24) is 0 Å². The molecule has 0 amide bonds. The summed E-state index contributed by atoms with van der Waals surface area (Å²) in [6, 6.07) is 11.1. The van der Waals surface area contributed by atoms with Crippen molar-refractivity contribution >= 4 is 17.6 Å². The number of hydrogen-bond donors (Lipinski definition) is 0. The van der Waals surface area contributed by atoms with Gasteiger partial charge >= 0.3 is 12.1 Å². The van der Waals surface area contributed by atoms with E-state index in [-0.39, 0.29) is 11.7 Å². The van der Waals surface area contributed by atoms with E-state index in [1.807, 2.05) is 4.90 Å². The number of rotatable bonds is 5. The van der Waals surface area contributed by atoms with Gasteiger partial charge in [-0.25, -0.2) is 4.98 Å². The van der Waals surface area contributed by atoms with Crippen molar-refractivity contribution in [1.29, 1.82) is 0 Å². The Morgan fingerprint density at radius 1 is 1.10 bits per heavy atom. The van der Waals surface area contributed by atoms with Crippen molar-refractivity contribution in [3.63, 3.8) is 0 Å². The highest BCUT2D eigenvalue weighted by Gasteiger charge is 2.34. The maximum Gasteiger partial charge on any atom is 0.419 e. The van der Waals surface area contributed by atoms with Crippen LogP contribution in [-0.4, -0.2) is 30.9 Å². The van der Waals surface area contributed by atoms with Crippen LogP contribution in [-0.2, 0) is 15.7 Å². The molecule has 154 valence electrons. The third kappa shape index (κ3) is 5.13. The summed E-state index contributed by atoms with van der Waals surface area (Å²) in [5.41, 5.74) is -0.253. The van der Waals surface area contributed by atoms with E-state index < -0.39 is 23.8 Å². The molecule has 1 saturated heterocycles. The van der Waals surface area contributed by atoms with E-state index in [1.54, 1.807) is 37.3 Å². The number of benzene rings is 1. The summed E-state index contributed by atoms with van der Waals surface area (Å²) in [5, 5.41) is 0. The molecule has 2 heterocycles. The molecule has 0 saturated carbocycles. The summed E-state index contributed by atoms with van der Waals surface area (Å²) in [5.74, 6) is -0.447. The minimum absolute atomic E-state index is 0.254. The molecule has 0 aliphatic carbocycles. The van der Waals surface area contributed by atoms with Gasteiger partial charge in [0.2, 0.25) is 5.78 Å². The molecule has 1 fully saturated rings. The molecule has 1 atom stereocenters. The first-order chi connectivity index (χ1) is 13.8. The number of nitrogens with zero attached hydrogens (tertiary/aromatic N) is 1. The number of aromatic nitrogens is 1. The number of piperidine rings is 1. The number of carbonyl (C=O) groups is 2. The molecule has 8 heteroatoms. The van der Waals surface area contributed by atoms with Crippen molar-refractivity contribution in [3.8, 4) is 0 Å². The zero-order valence-electron chi connectivity index (χ0n) is 15.9. The molecule has 1 aliphatic heterocycles. The molecular weight excluding hydrogens is 385 g/mol. The Bertz CT molecular complexity index is 846. The number of aromatic amines is 1. The fourth-order valence-corrected chi connectivity index (χ4v) is 3.31. The first kappa shape index (κ1) is 20.8. The number of esters is 1. The van der Waals surface area contributed by atoms with Crippen LogP contribution in [0.1, 0.15) is 35.7 Å². The van der Waals surface area contributed by atoms with Crippen LogP contribution in [0.5, 0.6) is 0 Å². The van der Waals surface area contributed by atoms with Crippen LogP contribution < -0.4 is 9.88 Å². The largest absolute Gasteiger partial charge is 0.454 e. The van der Waals surface area contributed by atoms with Gasteiger partial charge in [0.15, 0.2) is 6.10 Å². The van der Waals surface area contributed by atoms with E-state index >= 15 is 0 Å². The lowest BCUT2D eigenvalue weighted by atomic mass is 9.96. The molecule has 5 nitrogen and oxygen atoms in total. The number of ether oxygens (including phenoxy) is 1. The van der Waals surface area contributed by atoms with Gasteiger partial charge in [-0.2, -0.15) is 13.2 Å². The van der Waals surface area contributed by atoms with Crippen LogP contribution in [0.25, 0.3) is 0 Å². The highest BCUT2D eigenvalue weighted by Crippen LogP contribution is 2.29. The number of carbonyl (C=O) groups excluding carboxylic acids is 2. The smallest absolute Gasteiger partial charge is 0.419 e. The monoisotopic (exact) mass is 407 g/mol. The summed E-state index contributed by atoms with van der Waals surface area (Å²) >= 11 is 0. The van der Waals surface area contributed by atoms with Crippen LogP contribution in [0.4, 0.5) is 19.0 Å². The predicted molar refractivity (Wildman–Crippen MR) is 99.3 cm³/mol. The molecule has 1 aromatic heterocycles. The minimum atomic E-state index is -4.39. The van der Waals surface area contributed by atoms with Crippen molar-refractivity contribution < 1.29 is 32.5 Å². The third-order valence-corrected chi connectivity index (χ3v) is 5.01. The zero-order valence-corrected chi connectivity index (χ0v) is 15.9. The second-order valence-electron chi connectivity index (χ2n) is 7.03. The predicted octanol–water partition coefficient (Wildman–Crippen LogP) is 3.55. The van der Waals surface area contributed by atoms with Gasteiger partial charge in [0.1, 0.15) is 6.20 Å². The van der Waals surface area contributed by atoms with Crippen LogP contribution in [0.15, 0.2) is 48.7 Å². The Kier molecular flexibility index (Phi) is 6.20. The van der Waals surface area contributed by atoms with E-state index in [0.29, 0.717) is 37.3 Å². The molecule has 1 aromatic carbocycles. The van der Waals surface area contributed by atoms with Crippen LogP contribution in [0.2, 0.25) is 0 Å². The zero-order chi connectivity index (χ0) is 21.0. The van der Waals surface area contributed by atoms with Gasteiger partial charge < -0.3 is 4.74 Å². The number of pyridine rings is 1. The average molecular weight is 407 g/mol. The highest BCUT2D eigenvalue weighted by atomic mass is 19.4. The Hall–Kier alpha value is -2.90. The van der Waals surface area contributed by atoms with E-state index in [9.17, 15) is 22.8 Å². The molecule has 0 spiro atoms. The number of H-pyrrole nitrogens is 1. The number of ketones is 1. The maximum absolute atomic E-state index is 12.7. The summed E-state index contributed by atoms with van der Waals surface area (Å²) in [4.78, 5) is 29.3. The van der Waals surface area contributed by atoms with Crippen molar-refractivity contribution in [3.05, 3.63) is 59.8 Å². The lowest BCUT2D eigenvalue weighted by Gasteiger charge is -2.27. The second-order valence-corrected chi connectivity index (χ2v) is 7.03. The molecular formula is C21H22F3N2O3+. The highest BCUT2D eigenvalue weighted by molar-refractivity contribution is 6.00. The number of Topliss-reactive ketones (excluding diaryl/α,β-unsaturated/α-hetero) is 1. The molecule has 1 N–H and O–H groups in total.